The Kier molecular flexibility index (Phi) is 3.24. The quantitative estimate of drug-likeness (QED) is 0.871. The van der Waals surface area contributed by atoms with Gasteiger partial charge in [-0.25, -0.2) is 19.6 Å². The summed E-state index contributed by atoms with van der Waals surface area (Å²) >= 11 is 0. The van der Waals surface area contributed by atoms with Crippen molar-refractivity contribution in [3.63, 3.8) is 0 Å². The van der Waals surface area contributed by atoms with Crippen LogP contribution in [-0.4, -0.2) is 32.1 Å². The monoisotopic (exact) mass is 258 g/mol. The van der Waals surface area contributed by atoms with Gasteiger partial charge in [-0.2, -0.15) is 0 Å². The van der Waals surface area contributed by atoms with E-state index < -0.39 is 11.9 Å². The Morgan fingerprint density at radius 3 is 2.26 bits per heavy atom. The van der Waals surface area contributed by atoms with Gasteiger partial charge in [-0.05, 0) is 19.1 Å². The van der Waals surface area contributed by atoms with Gasteiger partial charge in [0.05, 0.1) is 0 Å². The molecule has 0 saturated carbocycles. The topological polar surface area (TPSA) is 100 Å². The zero-order chi connectivity index (χ0) is 14.0. The number of pyridine rings is 2. The van der Waals surface area contributed by atoms with Crippen LogP contribution in [0.4, 0.5) is 0 Å². The third-order valence-electron chi connectivity index (χ3n) is 2.54. The van der Waals surface area contributed by atoms with Gasteiger partial charge in [0, 0.05) is 23.0 Å². The molecule has 0 radical (unpaired) electrons. The third kappa shape index (κ3) is 2.42. The molecule has 2 aromatic rings. The van der Waals surface area contributed by atoms with E-state index in [9.17, 15) is 9.59 Å². The Balaban J connectivity index is 2.72. The first-order chi connectivity index (χ1) is 9.00. The summed E-state index contributed by atoms with van der Waals surface area (Å²) in [6.07, 6.45) is 1.34. The van der Waals surface area contributed by atoms with Crippen LogP contribution >= 0.6 is 0 Å². The molecule has 0 spiro atoms. The number of rotatable bonds is 3. The zero-order valence-electron chi connectivity index (χ0n) is 9.99. The van der Waals surface area contributed by atoms with Crippen molar-refractivity contribution in [2.45, 2.75) is 6.92 Å². The van der Waals surface area contributed by atoms with Gasteiger partial charge >= 0.3 is 11.9 Å². The molecule has 2 N–H and O–H groups in total. The van der Waals surface area contributed by atoms with Crippen LogP contribution < -0.4 is 0 Å². The lowest BCUT2D eigenvalue weighted by atomic mass is 10.0. The lowest BCUT2D eigenvalue weighted by molar-refractivity contribution is 0.0678. The molecule has 6 heteroatoms. The molecule has 2 heterocycles. The molecule has 19 heavy (non-hydrogen) atoms. The number of hydrogen-bond acceptors (Lipinski definition) is 4. The summed E-state index contributed by atoms with van der Waals surface area (Å²) in [5.41, 5.74) is 0.636. The number of carboxylic acid groups (broad SMARTS) is 2. The fourth-order valence-corrected chi connectivity index (χ4v) is 1.73. The number of aromatic nitrogens is 2. The molecule has 6 nitrogen and oxygen atoms in total. The maximum Gasteiger partial charge on any atom is 0.355 e. The molecule has 0 unspecified atom stereocenters. The van der Waals surface area contributed by atoms with Gasteiger partial charge in [-0.1, -0.05) is 12.1 Å². The van der Waals surface area contributed by atoms with Crippen LogP contribution in [0.2, 0.25) is 0 Å². The largest absolute Gasteiger partial charge is 0.476 e. The third-order valence-corrected chi connectivity index (χ3v) is 2.54. The highest BCUT2D eigenvalue weighted by Crippen LogP contribution is 2.25. The van der Waals surface area contributed by atoms with E-state index in [4.69, 9.17) is 10.2 Å². The Morgan fingerprint density at radius 1 is 1.00 bits per heavy atom. The van der Waals surface area contributed by atoms with Crippen LogP contribution in [0.15, 0.2) is 30.5 Å². The van der Waals surface area contributed by atoms with Crippen LogP contribution in [-0.2, 0) is 0 Å². The highest BCUT2D eigenvalue weighted by Gasteiger charge is 2.19. The van der Waals surface area contributed by atoms with Gasteiger partial charge in [-0.3, -0.25) is 0 Å². The molecule has 96 valence electrons. The summed E-state index contributed by atoms with van der Waals surface area (Å²) in [5, 5.41) is 18.2. The maximum absolute atomic E-state index is 11.2. The number of carboxylic acids is 2. The average Bonchev–Trinajstić information content (AvgIpc) is 2.38. The Labute approximate surface area is 108 Å². The number of nitrogens with zero attached hydrogens (tertiary/aromatic N) is 2. The zero-order valence-corrected chi connectivity index (χ0v) is 9.99. The second kappa shape index (κ2) is 4.85. The second-order valence-electron chi connectivity index (χ2n) is 3.86. The molecular weight excluding hydrogens is 248 g/mol. The standard InChI is InChI=1S/C13H10N2O4/c1-7-4-5-9(11(15-7)13(18)19)8-3-2-6-14-10(8)12(16)17/h2-6H,1H3,(H,16,17)(H,18,19). The van der Waals surface area contributed by atoms with Gasteiger partial charge in [0.1, 0.15) is 0 Å². The number of carbonyl (C=O) groups is 2. The Hall–Kier alpha value is -2.76. The van der Waals surface area contributed by atoms with Crippen LogP contribution in [0.1, 0.15) is 26.7 Å². The minimum absolute atomic E-state index is 0.185. The predicted octanol–water partition coefficient (Wildman–Crippen LogP) is 1.85. The van der Waals surface area contributed by atoms with Crippen LogP contribution in [0.5, 0.6) is 0 Å². The molecule has 0 fully saturated rings. The molecule has 0 atom stereocenters. The smallest absolute Gasteiger partial charge is 0.355 e. The number of aromatic carboxylic acids is 2. The molecule has 2 rings (SSSR count). The summed E-state index contributed by atoms with van der Waals surface area (Å²) < 4.78 is 0. The van der Waals surface area contributed by atoms with Crippen molar-refractivity contribution >= 4 is 11.9 Å². The van der Waals surface area contributed by atoms with Crippen LogP contribution in [0.25, 0.3) is 11.1 Å². The summed E-state index contributed by atoms with van der Waals surface area (Å²) in [6, 6.07) is 6.22. The van der Waals surface area contributed by atoms with E-state index in [-0.39, 0.29) is 22.5 Å². The van der Waals surface area contributed by atoms with E-state index in [2.05, 4.69) is 9.97 Å². The van der Waals surface area contributed by atoms with E-state index in [1.54, 1.807) is 19.1 Å². The molecule has 0 amide bonds. The first-order valence-corrected chi connectivity index (χ1v) is 5.40. The van der Waals surface area contributed by atoms with Gasteiger partial charge < -0.3 is 10.2 Å². The molecule has 0 aliphatic rings. The van der Waals surface area contributed by atoms with E-state index >= 15 is 0 Å². The average molecular weight is 258 g/mol. The second-order valence-corrected chi connectivity index (χ2v) is 3.86. The van der Waals surface area contributed by atoms with Gasteiger partial charge in [0.2, 0.25) is 0 Å². The van der Waals surface area contributed by atoms with Crippen molar-refractivity contribution in [2.75, 3.05) is 0 Å². The van der Waals surface area contributed by atoms with Crippen molar-refractivity contribution in [1.82, 2.24) is 9.97 Å². The summed E-state index contributed by atoms with van der Waals surface area (Å²) in [5.74, 6) is -2.42. The molecule has 0 aliphatic carbocycles. The fraction of sp³-hybridized carbons (Fsp3) is 0.0769. The van der Waals surface area contributed by atoms with E-state index in [0.717, 1.165) is 0 Å². The molecule has 0 aliphatic heterocycles. The Morgan fingerprint density at radius 2 is 1.63 bits per heavy atom. The normalized spacial score (nSPS) is 10.2. The van der Waals surface area contributed by atoms with Crippen LogP contribution in [0, 0.1) is 6.92 Å². The first-order valence-electron chi connectivity index (χ1n) is 5.40. The lowest BCUT2D eigenvalue weighted by Gasteiger charge is -2.08. The lowest BCUT2D eigenvalue weighted by Crippen LogP contribution is -2.08. The highest BCUT2D eigenvalue weighted by atomic mass is 16.4. The number of aryl methyl sites for hydroxylation is 1. The fourth-order valence-electron chi connectivity index (χ4n) is 1.73. The highest BCUT2D eigenvalue weighted by molar-refractivity contribution is 5.99. The minimum atomic E-state index is -1.22. The van der Waals surface area contributed by atoms with E-state index in [1.807, 2.05) is 0 Å². The maximum atomic E-state index is 11.2. The summed E-state index contributed by atoms with van der Waals surface area (Å²) in [4.78, 5) is 30.0. The van der Waals surface area contributed by atoms with Crippen LogP contribution in [0.3, 0.4) is 0 Å². The van der Waals surface area contributed by atoms with Gasteiger partial charge in [-0.15, -0.1) is 0 Å². The van der Waals surface area contributed by atoms with Crippen molar-refractivity contribution in [2.24, 2.45) is 0 Å². The van der Waals surface area contributed by atoms with Crippen molar-refractivity contribution in [3.8, 4) is 11.1 Å². The van der Waals surface area contributed by atoms with Crippen molar-refractivity contribution in [1.29, 1.82) is 0 Å². The Bertz CT molecular complexity index is 667. The van der Waals surface area contributed by atoms with Crippen molar-refractivity contribution in [3.05, 3.63) is 47.5 Å². The van der Waals surface area contributed by atoms with Crippen molar-refractivity contribution < 1.29 is 19.8 Å². The number of hydrogen-bond donors (Lipinski definition) is 2. The van der Waals surface area contributed by atoms with E-state index in [1.165, 1.54) is 18.3 Å². The molecule has 0 aromatic carbocycles. The molecule has 0 saturated heterocycles. The molecule has 0 bridgehead atoms. The molecule has 2 aromatic heterocycles. The minimum Gasteiger partial charge on any atom is -0.476 e. The first kappa shape index (κ1) is 12.7. The van der Waals surface area contributed by atoms with Gasteiger partial charge in [0.15, 0.2) is 11.4 Å². The van der Waals surface area contributed by atoms with E-state index in [0.29, 0.717) is 5.69 Å². The SMILES string of the molecule is Cc1ccc(-c2cccnc2C(=O)O)c(C(=O)O)n1. The summed E-state index contributed by atoms with van der Waals surface area (Å²) in [6.45, 7) is 1.66. The summed E-state index contributed by atoms with van der Waals surface area (Å²) in [7, 11) is 0. The van der Waals surface area contributed by atoms with Gasteiger partial charge in [0.25, 0.3) is 0 Å². The predicted molar refractivity (Wildman–Crippen MR) is 66.1 cm³/mol. The molecular formula is C13H10N2O4.